The molecule has 1 aliphatic heterocycles. The molecule has 0 radical (unpaired) electrons. The van der Waals surface area contributed by atoms with Crippen molar-refractivity contribution in [2.24, 2.45) is 0 Å². The van der Waals surface area contributed by atoms with Gasteiger partial charge in [-0.1, -0.05) is 12.1 Å². The molecule has 2 aromatic rings. The second-order valence-electron chi connectivity index (χ2n) is 7.38. The van der Waals surface area contributed by atoms with E-state index in [9.17, 15) is 14.0 Å². The van der Waals surface area contributed by atoms with Gasteiger partial charge in [0.05, 0.1) is 30.3 Å². The summed E-state index contributed by atoms with van der Waals surface area (Å²) < 4.78 is 18.0. The lowest BCUT2D eigenvalue weighted by Crippen LogP contribution is -2.39. The molecule has 1 atom stereocenters. The third-order valence-corrected chi connectivity index (χ3v) is 5.25. The summed E-state index contributed by atoms with van der Waals surface area (Å²) in [5.74, 6) is -0.0145. The van der Waals surface area contributed by atoms with E-state index in [0.29, 0.717) is 36.7 Å². The first-order valence-electron chi connectivity index (χ1n) is 10.1. The smallest absolute Gasteiger partial charge is 0.254 e. The largest absolute Gasteiger partial charge is 0.384 e. The molecule has 1 aliphatic rings. The predicted octanol–water partition coefficient (Wildman–Crippen LogP) is 2.94. The van der Waals surface area contributed by atoms with Crippen molar-refractivity contribution >= 4 is 11.8 Å². The third kappa shape index (κ3) is 5.38. The maximum atomic E-state index is 13.0. The maximum Gasteiger partial charge on any atom is 0.254 e. The molecule has 0 spiro atoms. The highest BCUT2D eigenvalue weighted by atomic mass is 19.1. The van der Waals surface area contributed by atoms with E-state index in [4.69, 9.17) is 4.74 Å². The number of carbonyl (C=O) groups is 2. The van der Waals surface area contributed by atoms with Gasteiger partial charge >= 0.3 is 0 Å². The van der Waals surface area contributed by atoms with Crippen molar-refractivity contribution in [3.8, 4) is 0 Å². The van der Waals surface area contributed by atoms with Crippen LogP contribution in [-0.2, 0) is 16.1 Å². The number of halogens is 1. The van der Waals surface area contributed by atoms with Crippen molar-refractivity contribution in [2.45, 2.75) is 45.2 Å². The van der Waals surface area contributed by atoms with Gasteiger partial charge in [0.1, 0.15) is 5.82 Å². The number of nitrogens with zero attached hydrogens (tertiary/aromatic N) is 3. The number of hydrogen-bond donors (Lipinski definition) is 1. The molecule has 1 saturated heterocycles. The van der Waals surface area contributed by atoms with Crippen molar-refractivity contribution in [3.63, 3.8) is 0 Å². The average molecular weight is 414 g/mol. The summed E-state index contributed by atoms with van der Waals surface area (Å²) in [7, 11) is 1.58. The number of carbonyl (C=O) groups excluding carboxylic acids is 2. The van der Waals surface area contributed by atoms with Crippen molar-refractivity contribution in [1.29, 1.82) is 0 Å². The molecule has 2 amide bonds. The van der Waals surface area contributed by atoms with Crippen LogP contribution in [0.4, 0.5) is 4.39 Å². The Hall–Kier alpha value is -2.87. The number of rotatable bonds is 7. The average Bonchev–Trinajstić information content (AvgIpc) is 2.76. The Bertz CT molecular complexity index is 888. The SMILES string of the molecule is COCCC(=O)N1CCCCC1c1ncc(C(=O)NCc2ccc(F)cc2)c(C)n1. The van der Waals surface area contributed by atoms with E-state index in [1.165, 1.54) is 18.3 Å². The Balaban J connectivity index is 1.69. The number of hydrogen-bond acceptors (Lipinski definition) is 5. The molecule has 30 heavy (non-hydrogen) atoms. The van der Waals surface area contributed by atoms with Gasteiger partial charge in [-0.3, -0.25) is 9.59 Å². The monoisotopic (exact) mass is 414 g/mol. The summed E-state index contributed by atoms with van der Waals surface area (Å²) in [6.07, 6.45) is 4.60. The number of likely N-dealkylation sites (tertiary alicyclic amines) is 1. The van der Waals surface area contributed by atoms with Gasteiger partial charge in [0.2, 0.25) is 5.91 Å². The van der Waals surface area contributed by atoms with E-state index in [2.05, 4.69) is 15.3 Å². The van der Waals surface area contributed by atoms with Gasteiger partial charge in [-0.05, 0) is 43.9 Å². The van der Waals surface area contributed by atoms with Crippen LogP contribution in [0.5, 0.6) is 0 Å². The van der Waals surface area contributed by atoms with Crippen LogP contribution in [0.2, 0.25) is 0 Å². The van der Waals surface area contributed by atoms with Crippen LogP contribution in [0, 0.1) is 12.7 Å². The molecule has 0 bridgehead atoms. The molecule has 1 unspecified atom stereocenters. The molecule has 1 aromatic carbocycles. The van der Waals surface area contributed by atoms with Crippen molar-refractivity contribution in [3.05, 3.63) is 58.9 Å². The number of benzene rings is 1. The zero-order valence-electron chi connectivity index (χ0n) is 17.4. The Morgan fingerprint density at radius 3 is 2.73 bits per heavy atom. The number of aromatic nitrogens is 2. The van der Waals surface area contributed by atoms with E-state index in [1.807, 2.05) is 4.90 Å². The van der Waals surface area contributed by atoms with Gasteiger partial charge in [-0.25, -0.2) is 14.4 Å². The Morgan fingerprint density at radius 1 is 1.27 bits per heavy atom. The van der Waals surface area contributed by atoms with Crippen molar-refractivity contribution < 1.29 is 18.7 Å². The first-order valence-corrected chi connectivity index (χ1v) is 10.1. The van der Waals surface area contributed by atoms with Crippen LogP contribution in [0.1, 0.15) is 59.2 Å². The fourth-order valence-corrected chi connectivity index (χ4v) is 3.58. The lowest BCUT2D eigenvalue weighted by atomic mass is 10.0. The van der Waals surface area contributed by atoms with E-state index in [-0.39, 0.29) is 30.2 Å². The molecule has 1 fully saturated rings. The number of amides is 2. The molecule has 1 aromatic heterocycles. The van der Waals surface area contributed by atoms with Gasteiger partial charge < -0.3 is 15.0 Å². The summed E-state index contributed by atoms with van der Waals surface area (Å²) in [5.41, 5.74) is 1.74. The number of ether oxygens (including phenoxy) is 1. The number of piperidine rings is 1. The third-order valence-electron chi connectivity index (χ3n) is 5.25. The minimum Gasteiger partial charge on any atom is -0.384 e. The minimum atomic E-state index is -0.317. The summed E-state index contributed by atoms with van der Waals surface area (Å²) in [4.78, 5) is 35.9. The minimum absolute atomic E-state index is 0.0314. The lowest BCUT2D eigenvalue weighted by Gasteiger charge is -2.35. The molecule has 0 saturated carbocycles. The van der Waals surface area contributed by atoms with Crippen LogP contribution in [0.3, 0.4) is 0 Å². The molecule has 3 rings (SSSR count). The molecule has 1 N–H and O–H groups in total. The van der Waals surface area contributed by atoms with E-state index in [1.54, 1.807) is 26.2 Å². The van der Waals surface area contributed by atoms with Gasteiger partial charge in [-0.2, -0.15) is 0 Å². The van der Waals surface area contributed by atoms with Crippen LogP contribution < -0.4 is 5.32 Å². The summed E-state index contributed by atoms with van der Waals surface area (Å²) >= 11 is 0. The topological polar surface area (TPSA) is 84.4 Å². The number of methoxy groups -OCH3 is 1. The molecule has 8 heteroatoms. The lowest BCUT2D eigenvalue weighted by molar-refractivity contribution is -0.136. The Kier molecular flexibility index (Phi) is 7.46. The maximum absolute atomic E-state index is 13.0. The van der Waals surface area contributed by atoms with E-state index < -0.39 is 0 Å². The van der Waals surface area contributed by atoms with Crippen LogP contribution in [0.25, 0.3) is 0 Å². The highest BCUT2D eigenvalue weighted by Crippen LogP contribution is 2.29. The van der Waals surface area contributed by atoms with Crippen molar-refractivity contribution in [1.82, 2.24) is 20.2 Å². The zero-order chi connectivity index (χ0) is 21.5. The second kappa shape index (κ2) is 10.2. The summed E-state index contributed by atoms with van der Waals surface area (Å²) in [5, 5.41) is 2.80. The van der Waals surface area contributed by atoms with Crippen LogP contribution >= 0.6 is 0 Å². The summed E-state index contributed by atoms with van der Waals surface area (Å²) in [6, 6.07) is 5.78. The number of aryl methyl sites for hydroxylation is 1. The number of nitrogens with one attached hydrogen (secondary N) is 1. The highest BCUT2D eigenvalue weighted by molar-refractivity contribution is 5.94. The van der Waals surface area contributed by atoms with Gasteiger partial charge in [-0.15, -0.1) is 0 Å². The molecular weight excluding hydrogens is 387 g/mol. The Morgan fingerprint density at radius 2 is 2.03 bits per heavy atom. The van der Waals surface area contributed by atoms with Gasteiger partial charge in [0.25, 0.3) is 5.91 Å². The fourth-order valence-electron chi connectivity index (χ4n) is 3.58. The van der Waals surface area contributed by atoms with Crippen LogP contribution in [0.15, 0.2) is 30.5 Å². The van der Waals surface area contributed by atoms with E-state index in [0.717, 1.165) is 24.8 Å². The predicted molar refractivity (Wildman–Crippen MR) is 109 cm³/mol. The fraction of sp³-hybridized carbons (Fsp3) is 0.455. The van der Waals surface area contributed by atoms with E-state index >= 15 is 0 Å². The van der Waals surface area contributed by atoms with Gasteiger partial charge in [0, 0.05) is 26.4 Å². The Labute approximate surface area is 175 Å². The molecule has 7 nitrogen and oxygen atoms in total. The van der Waals surface area contributed by atoms with Crippen molar-refractivity contribution in [2.75, 3.05) is 20.3 Å². The molecule has 160 valence electrons. The first kappa shape index (κ1) is 21.8. The normalized spacial score (nSPS) is 16.4. The quantitative estimate of drug-likeness (QED) is 0.753. The molecular formula is C22H27FN4O3. The van der Waals surface area contributed by atoms with Crippen LogP contribution in [-0.4, -0.2) is 46.9 Å². The molecule has 0 aliphatic carbocycles. The van der Waals surface area contributed by atoms with Gasteiger partial charge in [0.15, 0.2) is 5.82 Å². The first-order chi connectivity index (χ1) is 14.5. The zero-order valence-corrected chi connectivity index (χ0v) is 17.4. The highest BCUT2D eigenvalue weighted by Gasteiger charge is 2.30. The second-order valence-corrected chi connectivity index (χ2v) is 7.38. The molecule has 2 heterocycles. The summed E-state index contributed by atoms with van der Waals surface area (Å²) in [6.45, 7) is 3.10. The standard InChI is InChI=1S/C22H27FN4O3/c1-15-18(22(29)25-13-16-6-8-17(23)9-7-16)14-24-21(26-15)19-5-3-4-11-27(19)20(28)10-12-30-2/h6-9,14,19H,3-5,10-13H2,1-2H3,(H,25,29).